The summed E-state index contributed by atoms with van der Waals surface area (Å²) in [7, 11) is 0. The van der Waals surface area contributed by atoms with Crippen molar-refractivity contribution in [2.45, 2.75) is 67.9 Å². The molecule has 4 rings (SSSR count). The first-order valence-electron chi connectivity index (χ1n) is 12.7. The first-order valence-corrected chi connectivity index (χ1v) is 13.6. The van der Waals surface area contributed by atoms with Crippen molar-refractivity contribution < 1.29 is 0 Å². The number of pyridine rings is 1. The van der Waals surface area contributed by atoms with E-state index in [1.54, 1.807) is 11.3 Å². The largest absolute Gasteiger partial charge is 0.379 e. The van der Waals surface area contributed by atoms with E-state index in [1.165, 1.54) is 35.2 Å². The predicted octanol–water partition coefficient (Wildman–Crippen LogP) is 7.21. The molecule has 5 nitrogen and oxygen atoms in total. The van der Waals surface area contributed by atoms with Gasteiger partial charge in [-0.3, -0.25) is 4.98 Å². The lowest BCUT2D eigenvalue weighted by atomic mass is 10.0. The van der Waals surface area contributed by atoms with Gasteiger partial charge in [-0.15, -0.1) is 11.3 Å². The molecule has 3 aromatic rings. The zero-order chi connectivity index (χ0) is 24.9. The summed E-state index contributed by atoms with van der Waals surface area (Å²) in [6.45, 7) is 18.6. The molecule has 1 aliphatic rings. The molecule has 1 fully saturated rings. The third-order valence-corrected chi connectivity index (χ3v) is 6.55. The van der Waals surface area contributed by atoms with Crippen molar-refractivity contribution in [3.63, 3.8) is 0 Å². The van der Waals surface area contributed by atoms with E-state index in [4.69, 9.17) is 0 Å². The van der Waals surface area contributed by atoms with Gasteiger partial charge >= 0.3 is 0 Å². The van der Waals surface area contributed by atoms with Crippen LogP contribution in [0.2, 0.25) is 0 Å². The number of thiazole rings is 1. The minimum Gasteiger partial charge on any atom is -0.379 e. The van der Waals surface area contributed by atoms with E-state index in [1.807, 2.05) is 20.0 Å². The quantitative estimate of drug-likeness (QED) is 0.301. The number of nitrogens with one attached hydrogen (secondary N) is 3. The Balaban J connectivity index is 0.000000520. The summed E-state index contributed by atoms with van der Waals surface area (Å²) in [4.78, 5) is 9.32. The fourth-order valence-electron chi connectivity index (χ4n) is 3.37. The Morgan fingerprint density at radius 1 is 0.941 bits per heavy atom. The molecule has 186 valence electrons. The minimum atomic E-state index is 0.719. The van der Waals surface area contributed by atoms with Crippen LogP contribution < -0.4 is 16.0 Å². The summed E-state index contributed by atoms with van der Waals surface area (Å²) >= 11 is 1.67. The molecule has 3 N–H and O–H groups in total. The van der Waals surface area contributed by atoms with Crippen LogP contribution >= 0.6 is 11.3 Å². The first-order chi connectivity index (χ1) is 16.5. The number of aryl methyl sites for hydroxylation is 2. The third-order valence-electron chi connectivity index (χ3n) is 5.75. The van der Waals surface area contributed by atoms with Gasteiger partial charge in [0, 0.05) is 29.4 Å². The molecular formula is C28H43N5S. The minimum absolute atomic E-state index is 0.719. The fourth-order valence-corrected chi connectivity index (χ4v) is 4.10. The molecule has 0 unspecified atom stereocenters. The molecule has 0 saturated heterocycles. The SMILES string of the molecule is CC.CCNCC.Cc1ccc(C)c(NCc2ccc(-c3csc(NCC4CC4)n3)cn2)c1C. The predicted molar refractivity (Wildman–Crippen MR) is 150 cm³/mol. The Labute approximate surface area is 210 Å². The van der Waals surface area contributed by atoms with Gasteiger partial charge in [-0.05, 0) is 81.4 Å². The second-order valence-electron chi connectivity index (χ2n) is 8.41. The molecular weight excluding hydrogens is 438 g/mol. The molecule has 0 atom stereocenters. The monoisotopic (exact) mass is 481 g/mol. The molecule has 2 aromatic heterocycles. The highest BCUT2D eigenvalue weighted by Crippen LogP contribution is 2.30. The number of anilines is 2. The van der Waals surface area contributed by atoms with Gasteiger partial charge in [-0.2, -0.15) is 0 Å². The van der Waals surface area contributed by atoms with E-state index in [0.29, 0.717) is 0 Å². The molecule has 2 heterocycles. The molecule has 1 aromatic carbocycles. The van der Waals surface area contributed by atoms with Crippen molar-refractivity contribution in [1.82, 2.24) is 15.3 Å². The highest BCUT2D eigenvalue weighted by Gasteiger charge is 2.21. The van der Waals surface area contributed by atoms with Gasteiger partial charge in [-0.1, -0.05) is 39.8 Å². The zero-order valence-electron chi connectivity index (χ0n) is 22.1. The van der Waals surface area contributed by atoms with Gasteiger partial charge in [0.15, 0.2) is 5.13 Å². The second kappa shape index (κ2) is 14.7. The summed E-state index contributed by atoms with van der Waals surface area (Å²) in [6, 6.07) is 8.53. The molecule has 0 bridgehead atoms. The van der Waals surface area contributed by atoms with Crippen molar-refractivity contribution in [3.05, 3.63) is 58.2 Å². The molecule has 1 saturated carbocycles. The van der Waals surface area contributed by atoms with E-state index >= 15 is 0 Å². The molecule has 34 heavy (non-hydrogen) atoms. The van der Waals surface area contributed by atoms with Crippen LogP contribution in [0.4, 0.5) is 10.8 Å². The fraction of sp³-hybridized carbons (Fsp3) is 0.500. The maximum absolute atomic E-state index is 4.69. The van der Waals surface area contributed by atoms with Gasteiger partial charge in [-0.25, -0.2) is 4.98 Å². The van der Waals surface area contributed by atoms with Gasteiger partial charge in [0.05, 0.1) is 17.9 Å². The van der Waals surface area contributed by atoms with E-state index in [9.17, 15) is 0 Å². The third kappa shape index (κ3) is 8.73. The lowest BCUT2D eigenvalue weighted by molar-refractivity contribution is 0.762. The Kier molecular flexibility index (Phi) is 12.1. The lowest BCUT2D eigenvalue weighted by Gasteiger charge is -2.14. The number of rotatable bonds is 9. The number of nitrogens with zero attached hydrogens (tertiary/aromatic N) is 2. The number of aromatic nitrogens is 2. The van der Waals surface area contributed by atoms with Crippen molar-refractivity contribution in [2.75, 3.05) is 30.3 Å². The van der Waals surface area contributed by atoms with Gasteiger partial charge in [0.25, 0.3) is 0 Å². The zero-order valence-corrected chi connectivity index (χ0v) is 22.9. The average Bonchev–Trinajstić information content (AvgIpc) is 3.58. The molecule has 0 amide bonds. The number of hydrogen-bond acceptors (Lipinski definition) is 6. The molecule has 6 heteroatoms. The summed E-state index contributed by atoms with van der Waals surface area (Å²) in [5.41, 5.74) is 8.19. The smallest absolute Gasteiger partial charge is 0.183 e. The maximum Gasteiger partial charge on any atom is 0.183 e. The standard InChI is InChI=1S/C22H26N4S.C4H11N.C2H6/c1-14-4-5-15(2)21(16(14)3)24-12-19-9-8-18(11-23-19)20-13-27-22(26-20)25-10-17-6-7-17;1-3-5-4-2;1-2/h4-5,8-9,11,13,17,24H,6-7,10,12H2,1-3H3,(H,25,26);5H,3-4H2,1-2H3;1-2H3. The van der Waals surface area contributed by atoms with Crippen LogP contribution in [0.3, 0.4) is 0 Å². The average molecular weight is 482 g/mol. The Morgan fingerprint density at radius 3 is 2.24 bits per heavy atom. The summed E-state index contributed by atoms with van der Waals surface area (Å²) in [5.74, 6) is 0.853. The topological polar surface area (TPSA) is 61.9 Å². The van der Waals surface area contributed by atoms with Crippen molar-refractivity contribution in [3.8, 4) is 11.3 Å². The van der Waals surface area contributed by atoms with Gasteiger partial charge in [0.1, 0.15) is 0 Å². The van der Waals surface area contributed by atoms with E-state index in [0.717, 1.165) is 54.2 Å². The lowest BCUT2D eigenvalue weighted by Crippen LogP contribution is -2.09. The van der Waals surface area contributed by atoms with E-state index in [2.05, 4.69) is 90.2 Å². The van der Waals surface area contributed by atoms with Crippen LogP contribution in [0.15, 0.2) is 35.8 Å². The maximum atomic E-state index is 4.69. The Hall–Kier alpha value is -2.44. The normalized spacial score (nSPS) is 12.2. The van der Waals surface area contributed by atoms with Crippen LogP contribution in [-0.4, -0.2) is 29.6 Å². The summed E-state index contributed by atoms with van der Waals surface area (Å²) in [5, 5.41) is 13.2. The van der Waals surface area contributed by atoms with Crippen LogP contribution in [0.5, 0.6) is 0 Å². The van der Waals surface area contributed by atoms with E-state index < -0.39 is 0 Å². The van der Waals surface area contributed by atoms with Crippen LogP contribution in [0.25, 0.3) is 11.3 Å². The Bertz CT molecular complexity index is 975. The Morgan fingerprint density at radius 2 is 1.65 bits per heavy atom. The molecule has 1 aliphatic carbocycles. The first kappa shape index (κ1) is 27.8. The highest BCUT2D eigenvalue weighted by molar-refractivity contribution is 7.14. The van der Waals surface area contributed by atoms with Crippen molar-refractivity contribution in [2.24, 2.45) is 5.92 Å². The van der Waals surface area contributed by atoms with Crippen LogP contribution in [0.1, 0.15) is 62.9 Å². The summed E-state index contributed by atoms with van der Waals surface area (Å²) < 4.78 is 0. The van der Waals surface area contributed by atoms with Crippen LogP contribution in [0, 0.1) is 26.7 Å². The molecule has 0 spiro atoms. The highest BCUT2D eigenvalue weighted by atomic mass is 32.1. The molecule has 0 aliphatic heterocycles. The van der Waals surface area contributed by atoms with Crippen LogP contribution in [-0.2, 0) is 6.54 Å². The summed E-state index contributed by atoms with van der Waals surface area (Å²) in [6.07, 6.45) is 4.63. The molecule has 0 radical (unpaired) electrons. The van der Waals surface area contributed by atoms with Crippen molar-refractivity contribution in [1.29, 1.82) is 0 Å². The number of benzene rings is 1. The van der Waals surface area contributed by atoms with Crippen molar-refractivity contribution >= 4 is 22.2 Å². The van der Waals surface area contributed by atoms with Gasteiger partial charge in [0.2, 0.25) is 0 Å². The second-order valence-corrected chi connectivity index (χ2v) is 9.27. The van der Waals surface area contributed by atoms with Gasteiger partial charge < -0.3 is 16.0 Å². The number of hydrogen-bond donors (Lipinski definition) is 3. The van der Waals surface area contributed by atoms with E-state index in [-0.39, 0.29) is 0 Å².